The van der Waals surface area contributed by atoms with E-state index in [2.05, 4.69) is 94.5 Å². The van der Waals surface area contributed by atoms with Gasteiger partial charge < -0.3 is 49.7 Å². The van der Waals surface area contributed by atoms with Crippen molar-refractivity contribution in [2.75, 3.05) is 77.3 Å². The highest BCUT2D eigenvalue weighted by molar-refractivity contribution is 9.10. The van der Waals surface area contributed by atoms with Gasteiger partial charge in [0.15, 0.2) is 34.2 Å². The van der Waals surface area contributed by atoms with Gasteiger partial charge in [-0.1, -0.05) is 137 Å². The van der Waals surface area contributed by atoms with E-state index in [1.807, 2.05) is 65.6 Å². The number of hydrogen-bond donors (Lipinski definition) is 4. The standard InChI is InChI=1S/C27H29Cl2N5O2.C23H17Cl2FN4O.C18H14BrCl2N3O.C5H5BFNO2.C4H9NO.CH4/c1-17(2)16-36-26-21(13-30)22(20-4-3-19(28)12-23(20)29)15-34-24(14-32-27(26)34)18-5-6-31-25(11-18)33-7-9-35-10-8-33;1-13(2)12-31-22-21(27-3)17(16-5-4-15(24)9-18(16)25)11-30-19(10-29-23(22)30)14-6-7-28-20(26)8-14;1-10(2)9-25-17-16(22-3)13(8-24-15(19)7-23-18(17)24)12-5-4-11(20)6-14(12)21;7-5-3-4(6(9)10)1-2-8-5;1-3-6-4-2-5-1;/h3-6,11-12,14-15,17H,7-10,13,16,30H2,1-2H3;4-11,13H,12H2,1-2H3;4-8,10H,9H2,1-2H3;1-3,9-10H;5H,1-4H2;1H4. The summed E-state index contributed by atoms with van der Waals surface area (Å²) in [6, 6.07) is 25.2. The van der Waals surface area contributed by atoms with Gasteiger partial charge >= 0.3 is 7.12 Å². The predicted octanol–water partition coefficient (Wildman–Crippen LogP) is 18.6. The van der Waals surface area contributed by atoms with Gasteiger partial charge in [-0.2, -0.15) is 8.78 Å². The van der Waals surface area contributed by atoms with Gasteiger partial charge in [0.1, 0.15) is 10.4 Å². The molecule has 2 saturated heterocycles. The van der Waals surface area contributed by atoms with Crippen LogP contribution < -0.4 is 35.6 Å². The summed E-state index contributed by atoms with van der Waals surface area (Å²) in [5.74, 6) is 1.98. The number of hydrogen-bond acceptors (Lipinski definition) is 16. The zero-order valence-electron chi connectivity index (χ0n) is 59.4. The molecule has 0 bridgehead atoms. The largest absolute Gasteiger partial charge is 0.501 e. The number of halogens is 9. The second-order valence-corrected chi connectivity index (χ2v) is 29.0. The first-order valence-electron chi connectivity index (χ1n) is 34.1. The van der Waals surface area contributed by atoms with Crippen LogP contribution in [0.2, 0.25) is 30.1 Å². The number of fused-ring (bicyclic) bond motifs is 3. The molecule has 0 unspecified atom stereocenters. The molecule has 12 aromatic rings. The molecule has 109 heavy (non-hydrogen) atoms. The Kier molecular flexibility index (Phi) is 30.7. The number of nitrogens with two attached hydrogens (primary N) is 1. The molecule has 21 nitrogen and oxygen atoms in total. The molecule has 3 aromatic carbocycles. The second kappa shape index (κ2) is 39.8. The van der Waals surface area contributed by atoms with Crippen molar-refractivity contribution in [3.63, 3.8) is 0 Å². The number of aromatic nitrogens is 9. The quantitative estimate of drug-likeness (QED) is 0.0377. The lowest BCUT2D eigenvalue weighted by Crippen LogP contribution is -2.36. The zero-order valence-corrected chi connectivity index (χ0v) is 65.6. The van der Waals surface area contributed by atoms with Crippen molar-refractivity contribution in [2.45, 2.75) is 55.5 Å². The highest BCUT2D eigenvalue weighted by Gasteiger charge is 2.27. The maximum Gasteiger partial charge on any atom is 0.488 e. The van der Waals surface area contributed by atoms with E-state index in [1.165, 1.54) is 24.5 Å². The molecule has 0 aliphatic carbocycles. The Hall–Kier alpha value is -8.74. The van der Waals surface area contributed by atoms with Crippen molar-refractivity contribution >= 4 is 132 Å². The molecule has 11 heterocycles. The average molecular weight is 1670 g/mol. The summed E-state index contributed by atoms with van der Waals surface area (Å²) in [4.78, 5) is 34.8. The maximum absolute atomic E-state index is 13.8. The summed E-state index contributed by atoms with van der Waals surface area (Å²) in [5.41, 5.74) is 17.1. The fraction of sp³-hybridized carbons (Fsp3) is 0.282. The normalized spacial score (nSPS) is 12.6. The fourth-order valence-corrected chi connectivity index (χ4v) is 13.1. The van der Waals surface area contributed by atoms with Crippen LogP contribution in [0, 0.1) is 42.8 Å². The molecule has 0 amide bonds. The molecule has 0 atom stereocenters. The van der Waals surface area contributed by atoms with E-state index < -0.39 is 19.0 Å². The summed E-state index contributed by atoms with van der Waals surface area (Å²) in [6.07, 6.45) is 15.2. The van der Waals surface area contributed by atoms with Crippen molar-refractivity contribution < 1.29 is 42.5 Å². The molecule has 0 saturated carbocycles. The topological polar surface area (TPSA) is 227 Å². The number of benzene rings is 3. The third-order valence-corrected chi connectivity index (χ3v) is 18.6. The third-order valence-electron chi connectivity index (χ3n) is 16.3. The van der Waals surface area contributed by atoms with E-state index >= 15 is 0 Å². The van der Waals surface area contributed by atoms with Crippen LogP contribution >= 0.6 is 85.5 Å². The van der Waals surface area contributed by atoms with Gasteiger partial charge in [-0.25, -0.2) is 39.6 Å². The van der Waals surface area contributed by atoms with Crippen molar-refractivity contribution in [1.82, 2.24) is 48.4 Å². The molecule has 14 rings (SSSR count). The van der Waals surface area contributed by atoms with Crippen LogP contribution in [-0.4, -0.2) is 133 Å². The zero-order chi connectivity index (χ0) is 77.3. The molecule has 568 valence electrons. The van der Waals surface area contributed by atoms with Crippen LogP contribution in [0.1, 0.15) is 54.5 Å². The number of imidazole rings is 3. The van der Waals surface area contributed by atoms with Gasteiger partial charge in [-0.3, -0.25) is 13.2 Å². The van der Waals surface area contributed by atoms with Crippen molar-refractivity contribution in [3.8, 4) is 73.1 Å². The first-order chi connectivity index (χ1) is 52.0. The molecule has 2 aliphatic heterocycles. The monoisotopic (exact) mass is 1660 g/mol. The van der Waals surface area contributed by atoms with E-state index in [1.54, 1.807) is 71.5 Å². The third kappa shape index (κ3) is 21.2. The molecule has 0 spiro atoms. The molecule has 9 aromatic heterocycles. The SMILES string of the molecule is C.C1COCCN1.CC(C)COc1c(CN)c(-c2ccc(Cl)cc2Cl)cn2c(-c3ccnc(N4CCOCC4)c3)cnc12.OB(O)c1ccnc(F)c1.[C-]#[N+]c1c(-c2ccc(Cl)cc2Cl)cn2c(-c3ccnc(F)c3)cnc2c1OCC(C)C.[C-]#[N+]c1c(-c2ccc(Cl)cc2Cl)cn2c(Br)cnc2c1OCC(C)C. The molecule has 2 fully saturated rings. The average Bonchev–Trinajstić information content (AvgIpc) is 1.70. The maximum atomic E-state index is 13.8. The molecular weight excluding hydrogens is 1590 g/mol. The summed E-state index contributed by atoms with van der Waals surface area (Å²) < 4.78 is 61.2. The van der Waals surface area contributed by atoms with Gasteiger partial charge in [0.2, 0.25) is 23.3 Å². The van der Waals surface area contributed by atoms with Crippen molar-refractivity contribution in [2.24, 2.45) is 23.5 Å². The Labute approximate surface area is 669 Å². The Morgan fingerprint density at radius 3 is 1.39 bits per heavy atom. The summed E-state index contributed by atoms with van der Waals surface area (Å²) in [6.45, 7) is 36.4. The Morgan fingerprint density at radius 2 is 0.963 bits per heavy atom. The number of anilines is 1. The minimum Gasteiger partial charge on any atom is -0.501 e. The van der Waals surface area contributed by atoms with Crippen LogP contribution in [0.3, 0.4) is 0 Å². The Morgan fingerprint density at radius 1 is 0.541 bits per heavy atom. The number of nitrogens with one attached hydrogen (secondary N) is 1. The van der Waals surface area contributed by atoms with Crippen LogP contribution in [0.15, 0.2) is 151 Å². The molecule has 2 aliphatic rings. The first kappa shape index (κ1) is 84.3. The number of pyridine rings is 6. The molecule has 0 radical (unpaired) electrons. The van der Waals surface area contributed by atoms with Crippen molar-refractivity contribution in [1.29, 1.82) is 0 Å². The Bertz CT molecular complexity index is 5210. The Balaban J connectivity index is 0.000000171. The van der Waals surface area contributed by atoms with E-state index in [4.69, 9.17) is 127 Å². The summed E-state index contributed by atoms with van der Waals surface area (Å²) in [7, 11) is -1.63. The van der Waals surface area contributed by atoms with Gasteiger partial charge in [0.25, 0.3) is 0 Å². The number of morpholine rings is 2. The van der Waals surface area contributed by atoms with Crippen LogP contribution in [0.25, 0.3) is 82.5 Å². The van der Waals surface area contributed by atoms with E-state index in [0.717, 1.165) is 83.8 Å². The van der Waals surface area contributed by atoms with Crippen molar-refractivity contribution in [3.05, 3.63) is 222 Å². The van der Waals surface area contributed by atoms with E-state index in [-0.39, 0.29) is 25.4 Å². The minimum absolute atomic E-state index is 0. The van der Waals surface area contributed by atoms with E-state index in [9.17, 15) is 8.78 Å². The van der Waals surface area contributed by atoms with Gasteiger partial charge in [0, 0.05) is 145 Å². The first-order valence-corrected chi connectivity index (χ1v) is 37.2. The number of rotatable bonds is 17. The highest BCUT2D eigenvalue weighted by atomic mass is 79.9. The number of ether oxygens (including phenoxy) is 5. The fourth-order valence-electron chi connectivity index (χ4n) is 11.2. The second-order valence-electron chi connectivity index (χ2n) is 25.7. The van der Waals surface area contributed by atoms with Gasteiger partial charge in [0.05, 0.1) is 89.4 Å². The number of nitrogens with zero attached hydrogens (tertiary/aromatic N) is 12. The van der Waals surface area contributed by atoms with Gasteiger partial charge in [-0.05, 0) is 117 Å². The molecular formula is C78H78BBrCl6F2N14O7. The van der Waals surface area contributed by atoms with E-state index in [0.29, 0.717) is 154 Å². The summed E-state index contributed by atoms with van der Waals surface area (Å²) >= 11 is 41.2. The highest BCUT2D eigenvalue weighted by Crippen LogP contribution is 2.47. The lowest BCUT2D eigenvalue weighted by Gasteiger charge is -2.28. The molecule has 5 N–H and O–H groups in total. The minimum atomic E-state index is -1.63. The molecule has 31 heteroatoms. The van der Waals surface area contributed by atoms with Crippen LogP contribution in [0.4, 0.5) is 26.0 Å². The lowest BCUT2D eigenvalue weighted by atomic mass is 9.81. The smallest absolute Gasteiger partial charge is 0.488 e. The summed E-state index contributed by atoms with van der Waals surface area (Å²) in [5, 5.41) is 23.2. The van der Waals surface area contributed by atoms with Crippen LogP contribution in [-0.2, 0) is 16.0 Å². The van der Waals surface area contributed by atoms with Gasteiger partial charge in [-0.15, -0.1) is 0 Å². The lowest BCUT2D eigenvalue weighted by molar-refractivity contribution is 0.109. The van der Waals surface area contributed by atoms with Crippen LogP contribution in [0.5, 0.6) is 17.2 Å². The predicted molar refractivity (Wildman–Crippen MR) is 435 cm³/mol.